The van der Waals surface area contributed by atoms with E-state index in [1.54, 1.807) is 6.92 Å². The number of thiophene rings is 1. The average Bonchev–Trinajstić information content (AvgIpc) is 2.83. The second-order valence-electron chi connectivity index (χ2n) is 3.70. The summed E-state index contributed by atoms with van der Waals surface area (Å²) in [7, 11) is 0. The molecule has 0 saturated carbocycles. The number of hydrogen-bond acceptors (Lipinski definition) is 6. The third-order valence-electron chi connectivity index (χ3n) is 2.40. The molecule has 0 atom stereocenters. The molecular weight excluding hydrogens is 352 g/mol. The zero-order chi connectivity index (χ0) is 14.9. The van der Waals surface area contributed by atoms with Crippen molar-refractivity contribution in [3.63, 3.8) is 0 Å². The number of rotatable bonds is 4. The molecule has 0 aliphatic carbocycles. The number of ether oxygens (including phenoxy) is 1. The Morgan fingerprint density at radius 2 is 2.30 bits per heavy atom. The smallest absolute Gasteiger partial charge is 0.346 e. The van der Waals surface area contributed by atoms with Crippen LogP contribution in [0, 0.1) is 17.0 Å². The van der Waals surface area contributed by atoms with Gasteiger partial charge in [0.05, 0.1) is 9.40 Å². The molecular formula is C11H7BrN2O5S. The molecule has 0 spiro atoms. The van der Waals surface area contributed by atoms with Gasteiger partial charge in [0.25, 0.3) is 5.69 Å². The van der Waals surface area contributed by atoms with Crippen LogP contribution in [0.5, 0.6) is 11.6 Å². The topological polar surface area (TPSA) is 103 Å². The van der Waals surface area contributed by atoms with E-state index >= 15 is 0 Å². The quantitative estimate of drug-likeness (QED) is 0.661. The van der Waals surface area contributed by atoms with Crippen LogP contribution >= 0.6 is 27.3 Å². The molecule has 2 heterocycles. The molecule has 2 aromatic heterocycles. The zero-order valence-electron chi connectivity index (χ0n) is 9.99. The van der Waals surface area contributed by atoms with Gasteiger partial charge in [-0.3, -0.25) is 10.1 Å². The van der Waals surface area contributed by atoms with Gasteiger partial charge in [-0.1, -0.05) is 0 Å². The predicted molar refractivity (Wildman–Crippen MR) is 74.7 cm³/mol. The standard InChI is InChI=1S/C11H7BrN2O5S/c1-5-7(14(17)18)3-13-10(9(5)12)19-6-2-8(11(15)16)20-4-6/h2-4H,1H3,(H,15,16). The summed E-state index contributed by atoms with van der Waals surface area (Å²) in [6.07, 6.45) is 1.10. The molecule has 1 N–H and O–H groups in total. The van der Waals surface area contributed by atoms with Crippen LogP contribution in [0.1, 0.15) is 15.2 Å². The lowest BCUT2D eigenvalue weighted by molar-refractivity contribution is -0.385. The Hall–Kier alpha value is -2.00. The normalized spacial score (nSPS) is 10.3. The van der Waals surface area contributed by atoms with Gasteiger partial charge in [-0.05, 0) is 22.9 Å². The van der Waals surface area contributed by atoms with Gasteiger partial charge in [-0.2, -0.15) is 0 Å². The van der Waals surface area contributed by atoms with Crippen molar-refractivity contribution in [1.82, 2.24) is 4.98 Å². The minimum Gasteiger partial charge on any atom is -0.477 e. The molecule has 2 aromatic rings. The predicted octanol–water partition coefficient (Wildman–Crippen LogP) is 3.61. The number of nitro groups is 1. The number of pyridine rings is 1. The largest absolute Gasteiger partial charge is 0.477 e. The third kappa shape index (κ3) is 2.78. The lowest BCUT2D eigenvalue weighted by Crippen LogP contribution is -1.97. The maximum absolute atomic E-state index is 10.8. The summed E-state index contributed by atoms with van der Waals surface area (Å²) in [5.74, 6) is -0.589. The van der Waals surface area contributed by atoms with Crippen LogP contribution in [-0.4, -0.2) is 21.0 Å². The van der Waals surface area contributed by atoms with Crippen molar-refractivity contribution in [3.05, 3.63) is 42.7 Å². The molecule has 0 fully saturated rings. The van der Waals surface area contributed by atoms with Gasteiger partial charge in [-0.15, -0.1) is 11.3 Å². The first-order valence-corrected chi connectivity index (χ1v) is 6.86. The Balaban J connectivity index is 2.32. The van der Waals surface area contributed by atoms with Crippen LogP contribution in [0.3, 0.4) is 0 Å². The molecule has 20 heavy (non-hydrogen) atoms. The van der Waals surface area contributed by atoms with Crippen molar-refractivity contribution in [2.45, 2.75) is 6.92 Å². The molecule has 0 bridgehead atoms. The summed E-state index contributed by atoms with van der Waals surface area (Å²) < 4.78 is 5.78. The van der Waals surface area contributed by atoms with Crippen molar-refractivity contribution in [3.8, 4) is 11.6 Å². The fourth-order valence-corrected chi connectivity index (χ4v) is 2.43. The van der Waals surface area contributed by atoms with E-state index in [1.807, 2.05) is 0 Å². The van der Waals surface area contributed by atoms with E-state index in [9.17, 15) is 14.9 Å². The van der Waals surface area contributed by atoms with Gasteiger partial charge >= 0.3 is 5.97 Å². The SMILES string of the molecule is Cc1c([N+](=O)[O-])cnc(Oc2csc(C(=O)O)c2)c1Br. The lowest BCUT2D eigenvalue weighted by Gasteiger charge is -2.06. The lowest BCUT2D eigenvalue weighted by atomic mass is 10.2. The van der Waals surface area contributed by atoms with Crippen LogP contribution in [0.15, 0.2) is 22.1 Å². The van der Waals surface area contributed by atoms with Crippen LogP contribution in [0.25, 0.3) is 0 Å². The van der Waals surface area contributed by atoms with E-state index in [-0.39, 0.29) is 16.4 Å². The van der Waals surface area contributed by atoms with Crippen molar-refractivity contribution in [1.29, 1.82) is 0 Å². The first-order chi connectivity index (χ1) is 9.40. The number of nitrogens with zero attached hydrogens (tertiary/aromatic N) is 2. The highest BCUT2D eigenvalue weighted by atomic mass is 79.9. The zero-order valence-corrected chi connectivity index (χ0v) is 12.4. The van der Waals surface area contributed by atoms with Crippen molar-refractivity contribution in [2.75, 3.05) is 0 Å². The van der Waals surface area contributed by atoms with Crippen molar-refractivity contribution >= 4 is 38.9 Å². The van der Waals surface area contributed by atoms with Gasteiger partial charge in [-0.25, -0.2) is 9.78 Å². The molecule has 0 radical (unpaired) electrons. The number of halogens is 1. The Morgan fingerprint density at radius 1 is 1.60 bits per heavy atom. The summed E-state index contributed by atoms with van der Waals surface area (Å²) >= 11 is 4.21. The van der Waals surface area contributed by atoms with E-state index in [0.29, 0.717) is 15.8 Å². The molecule has 0 unspecified atom stereocenters. The summed E-state index contributed by atoms with van der Waals surface area (Å²) in [5.41, 5.74) is 0.259. The second kappa shape index (κ2) is 5.55. The van der Waals surface area contributed by atoms with Gasteiger partial charge in [0.1, 0.15) is 16.8 Å². The molecule has 7 nitrogen and oxygen atoms in total. The highest BCUT2D eigenvalue weighted by Gasteiger charge is 2.19. The third-order valence-corrected chi connectivity index (χ3v) is 4.23. The number of carboxylic acids is 1. The number of aromatic nitrogens is 1. The Labute approximate surface area is 125 Å². The number of hydrogen-bond donors (Lipinski definition) is 1. The van der Waals surface area contributed by atoms with Crippen molar-refractivity contribution < 1.29 is 19.6 Å². The molecule has 104 valence electrons. The van der Waals surface area contributed by atoms with Gasteiger partial charge in [0.2, 0.25) is 5.88 Å². The highest BCUT2D eigenvalue weighted by Crippen LogP contribution is 2.35. The van der Waals surface area contributed by atoms with E-state index in [1.165, 1.54) is 11.4 Å². The summed E-state index contributed by atoms with van der Waals surface area (Å²) in [5, 5.41) is 21.1. The number of aromatic carboxylic acids is 1. The minimum atomic E-state index is -1.04. The van der Waals surface area contributed by atoms with Crippen LogP contribution in [0.4, 0.5) is 5.69 Å². The molecule has 0 aliphatic heterocycles. The minimum absolute atomic E-state index is 0.124. The maximum Gasteiger partial charge on any atom is 0.346 e. The summed E-state index contributed by atoms with van der Waals surface area (Å²) in [4.78, 5) is 25.0. The average molecular weight is 359 g/mol. The fraction of sp³-hybridized carbons (Fsp3) is 0.0909. The Bertz CT molecular complexity index is 700. The van der Waals surface area contributed by atoms with Gasteiger partial charge in [0, 0.05) is 17.0 Å². The molecule has 0 aliphatic rings. The fourth-order valence-electron chi connectivity index (χ4n) is 1.40. The maximum atomic E-state index is 10.8. The van der Waals surface area contributed by atoms with Crippen LogP contribution in [-0.2, 0) is 0 Å². The molecule has 0 amide bonds. The molecule has 0 aromatic carbocycles. The van der Waals surface area contributed by atoms with Crippen LogP contribution < -0.4 is 4.74 Å². The van der Waals surface area contributed by atoms with Gasteiger partial charge in [0.15, 0.2) is 0 Å². The molecule has 2 rings (SSSR count). The molecule has 9 heteroatoms. The second-order valence-corrected chi connectivity index (χ2v) is 5.40. The van der Waals surface area contributed by atoms with Crippen LogP contribution in [0.2, 0.25) is 0 Å². The Kier molecular flexibility index (Phi) is 4.00. The highest BCUT2D eigenvalue weighted by molar-refractivity contribution is 9.10. The van der Waals surface area contributed by atoms with Gasteiger partial charge < -0.3 is 9.84 Å². The Morgan fingerprint density at radius 3 is 2.85 bits per heavy atom. The van der Waals surface area contributed by atoms with E-state index in [0.717, 1.165) is 17.5 Å². The van der Waals surface area contributed by atoms with E-state index < -0.39 is 10.9 Å². The number of carboxylic acid groups (broad SMARTS) is 1. The first-order valence-electron chi connectivity index (χ1n) is 5.19. The van der Waals surface area contributed by atoms with E-state index in [4.69, 9.17) is 9.84 Å². The number of carbonyl (C=O) groups is 1. The van der Waals surface area contributed by atoms with Crippen molar-refractivity contribution in [2.24, 2.45) is 0 Å². The summed E-state index contributed by atoms with van der Waals surface area (Å²) in [6, 6.07) is 1.36. The summed E-state index contributed by atoms with van der Waals surface area (Å²) in [6.45, 7) is 1.56. The molecule has 0 saturated heterocycles. The van der Waals surface area contributed by atoms with E-state index in [2.05, 4.69) is 20.9 Å². The first kappa shape index (κ1) is 14.4. The monoisotopic (exact) mass is 358 g/mol.